The molecule has 1 amide bonds. The number of benzene rings is 2. The van der Waals surface area contributed by atoms with Gasteiger partial charge in [0.05, 0.1) is 17.3 Å². The van der Waals surface area contributed by atoms with Gasteiger partial charge in [0, 0.05) is 12.5 Å². The molecule has 0 fully saturated rings. The molecule has 0 radical (unpaired) electrons. The van der Waals surface area contributed by atoms with Crippen molar-refractivity contribution in [2.75, 3.05) is 12.4 Å². The lowest BCUT2D eigenvalue weighted by Crippen LogP contribution is -2.11. The third kappa shape index (κ3) is 2.59. The molecule has 4 aromatic rings. The van der Waals surface area contributed by atoms with Crippen LogP contribution in [0.5, 0.6) is 5.75 Å². The highest BCUT2D eigenvalue weighted by Gasteiger charge is 2.12. The number of fused-ring (bicyclic) bond motifs is 2. The number of oxazole rings is 1. The number of aromatic nitrogens is 2. The van der Waals surface area contributed by atoms with Crippen molar-refractivity contribution in [2.45, 2.75) is 6.92 Å². The zero-order valence-electron chi connectivity index (χ0n) is 13.0. The Bertz CT molecular complexity index is 1070. The average Bonchev–Trinajstić information content (AvgIpc) is 3.14. The summed E-state index contributed by atoms with van der Waals surface area (Å²) >= 11 is 1.40. The van der Waals surface area contributed by atoms with E-state index < -0.39 is 0 Å². The highest BCUT2D eigenvalue weighted by molar-refractivity contribution is 7.22. The van der Waals surface area contributed by atoms with Crippen molar-refractivity contribution < 1.29 is 13.9 Å². The van der Waals surface area contributed by atoms with Crippen LogP contribution in [0.4, 0.5) is 5.13 Å². The van der Waals surface area contributed by atoms with Crippen LogP contribution in [0.2, 0.25) is 0 Å². The number of hydrogen-bond donors (Lipinski definition) is 1. The average molecular weight is 339 g/mol. The smallest absolute Gasteiger partial charge is 0.257 e. The summed E-state index contributed by atoms with van der Waals surface area (Å²) in [6, 6.07) is 10.8. The van der Waals surface area contributed by atoms with Crippen LogP contribution in [0.1, 0.15) is 16.2 Å². The third-order valence-electron chi connectivity index (χ3n) is 3.57. The highest BCUT2D eigenvalue weighted by Crippen LogP contribution is 2.29. The van der Waals surface area contributed by atoms with Crippen LogP contribution in [-0.2, 0) is 0 Å². The van der Waals surface area contributed by atoms with E-state index in [9.17, 15) is 4.79 Å². The first-order valence-electron chi connectivity index (χ1n) is 7.25. The molecule has 0 aliphatic carbocycles. The van der Waals surface area contributed by atoms with Crippen molar-refractivity contribution >= 4 is 43.7 Å². The predicted molar refractivity (Wildman–Crippen MR) is 92.9 cm³/mol. The van der Waals surface area contributed by atoms with Gasteiger partial charge in [-0.15, -0.1) is 0 Å². The molecule has 7 heteroatoms. The Morgan fingerprint density at radius 3 is 2.88 bits per heavy atom. The van der Waals surface area contributed by atoms with Crippen molar-refractivity contribution in [2.24, 2.45) is 0 Å². The summed E-state index contributed by atoms with van der Waals surface area (Å²) in [7, 11) is 1.62. The second kappa shape index (κ2) is 5.61. The first-order valence-corrected chi connectivity index (χ1v) is 8.07. The Morgan fingerprint density at radius 1 is 1.17 bits per heavy atom. The molecule has 2 heterocycles. The number of nitrogens with one attached hydrogen (secondary N) is 1. The standard InChI is InChI=1S/C17H13N3O3S/c1-9-18-13-7-10(3-6-14(13)23-9)16(21)20-17-19-12-5-4-11(22-2)8-15(12)24-17/h3-8H,1-2H3,(H,19,20,21). The van der Waals surface area contributed by atoms with Gasteiger partial charge >= 0.3 is 0 Å². The number of hydrogen-bond acceptors (Lipinski definition) is 6. The molecule has 4 rings (SSSR count). The lowest BCUT2D eigenvalue weighted by atomic mass is 10.2. The molecule has 0 saturated heterocycles. The summed E-state index contributed by atoms with van der Waals surface area (Å²) in [4.78, 5) is 21.1. The highest BCUT2D eigenvalue weighted by atomic mass is 32.1. The van der Waals surface area contributed by atoms with Gasteiger partial charge in [0.1, 0.15) is 11.3 Å². The summed E-state index contributed by atoms with van der Waals surface area (Å²) in [5.41, 5.74) is 2.65. The van der Waals surface area contributed by atoms with Gasteiger partial charge in [0.2, 0.25) is 0 Å². The van der Waals surface area contributed by atoms with E-state index in [0.717, 1.165) is 16.0 Å². The molecule has 1 N–H and O–H groups in total. The first-order chi connectivity index (χ1) is 11.6. The molecule has 2 aromatic carbocycles. The van der Waals surface area contributed by atoms with E-state index in [4.69, 9.17) is 9.15 Å². The number of ether oxygens (including phenoxy) is 1. The lowest BCUT2D eigenvalue weighted by molar-refractivity contribution is 0.102. The fourth-order valence-electron chi connectivity index (χ4n) is 2.44. The number of aryl methyl sites for hydroxylation is 1. The van der Waals surface area contributed by atoms with Gasteiger partial charge in [-0.2, -0.15) is 0 Å². The van der Waals surface area contributed by atoms with E-state index >= 15 is 0 Å². The Labute approximate surface area is 141 Å². The lowest BCUT2D eigenvalue weighted by Gasteiger charge is -2.00. The Kier molecular flexibility index (Phi) is 3.42. The SMILES string of the molecule is COc1ccc2nc(NC(=O)c3ccc4oc(C)nc4c3)sc2c1. The fourth-order valence-corrected chi connectivity index (χ4v) is 3.33. The van der Waals surface area contributed by atoms with Gasteiger partial charge in [-0.25, -0.2) is 9.97 Å². The first kappa shape index (κ1) is 14.6. The largest absolute Gasteiger partial charge is 0.497 e. The zero-order valence-corrected chi connectivity index (χ0v) is 13.8. The van der Waals surface area contributed by atoms with Crippen molar-refractivity contribution in [1.29, 1.82) is 0 Å². The topological polar surface area (TPSA) is 77.2 Å². The molecular weight excluding hydrogens is 326 g/mol. The van der Waals surface area contributed by atoms with Gasteiger partial charge in [-0.05, 0) is 36.4 Å². The van der Waals surface area contributed by atoms with E-state index in [0.29, 0.717) is 27.7 Å². The molecule has 0 unspecified atom stereocenters. The molecule has 0 aliphatic heterocycles. The Hall–Kier alpha value is -2.93. The molecule has 0 aliphatic rings. The minimum absolute atomic E-state index is 0.233. The molecule has 0 spiro atoms. The van der Waals surface area contributed by atoms with Gasteiger partial charge in [0.15, 0.2) is 16.6 Å². The molecule has 0 bridgehead atoms. The maximum Gasteiger partial charge on any atom is 0.257 e. The maximum atomic E-state index is 12.4. The molecule has 0 saturated carbocycles. The predicted octanol–water partition coefficient (Wildman–Crippen LogP) is 4.01. The van der Waals surface area contributed by atoms with Crippen molar-refractivity contribution in [1.82, 2.24) is 9.97 Å². The molecular formula is C17H13N3O3S. The number of rotatable bonds is 3. The number of anilines is 1. The molecule has 6 nitrogen and oxygen atoms in total. The minimum atomic E-state index is -0.233. The summed E-state index contributed by atoms with van der Waals surface area (Å²) in [5.74, 6) is 1.10. The van der Waals surface area contributed by atoms with Crippen LogP contribution >= 0.6 is 11.3 Å². The maximum absolute atomic E-state index is 12.4. The van der Waals surface area contributed by atoms with Crippen LogP contribution in [0.25, 0.3) is 21.3 Å². The number of methoxy groups -OCH3 is 1. The van der Waals surface area contributed by atoms with E-state index in [1.807, 2.05) is 18.2 Å². The van der Waals surface area contributed by atoms with E-state index in [-0.39, 0.29) is 5.91 Å². The number of carbonyl (C=O) groups excluding carboxylic acids is 1. The van der Waals surface area contributed by atoms with Gasteiger partial charge in [0.25, 0.3) is 5.91 Å². The second-order valence-corrected chi connectivity index (χ2v) is 6.25. The van der Waals surface area contributed by atoms with Crippen molar-refractivity contribution in [3.05, 3.63) is 47.9 Å². The summed E-state index contributed by atoms with van der Waals surface area (Å²) in [5, 5.41) is 3.37. The second-order valence-electron chi connectivity index (χ2n) is 5.22. The third-order valence-corrected chi connectivity index (χ3v) is 4.51. The zero-order chi connectivity index (χ0) is 16.7. The number of carbonyl (C=O) groups is 1. The number of amides is 1. The van der Waals surface area contributed by atoms with E-state index in [2.05, 4.69) is 15.3 Å². The normalized spacial score (nSPS) is 11.1. The van der Waals surface area contributed by atoms with Crippen LogP contribution in [0.15, 0.2) is 40.8 Å². The van der Waals surface area contributed by atoms with Crippen LogP contribution < -0.4 is 10.1 Å². The van der Waals surface area contributed by atoms with Crippen LogP contribution in [0.3, 0.4) is 0 Å². The van der Waals surface area contributed by atoms with E-state index in [1.54, 1.807) is 32.2 Å². The summed E-state index contributed by atoms with van der Waals surface area (Å²) in [6.45, 7) is 1.77. The molecule has 24 heavy (non-hydrogen) atoms. The molecule has 2 aromatic heterocycles. The monoisotopic (exact) mass is 339 g/mol. The van der Waals surface area contributed by atoms with Gasteiger partial charge in [-0.3, -0.25) is 10.1 Å². The minimum Gasteiger partial charge on any atom is -0.497 e. The fraction of sp³-hybridized carbons (Fsp3) is 0.118. The van der Waals surface area contributed by atoms with Gasteiger partial charge in [-0.1, -0.05) is 11.3 Å². The van der Waals surface area contributed by atoms with Crippen LogP contribution in [0, 0.1) is 6.92 Å². The van der Waals surface area contributed by atoms with E-state index in [1.165, 1.54) is 11.3 Å². The summed E-state index contributed by atoms with van der Waals surface area (Å²) in [6.07, 6.45) is 0. The number of thiazole rings is 1. The van der Waals surface area contributed by atoms with Gasteiger partial charge < -0.3 is 9.15 Å². The van der Waals surface area contributed by atoms with Crippen molar-refractivity contribution in [3.8, 4) is 5.75 Å². The molecule has 0 atom stereocenters. The summed E-state index contributed by atoms with van der Waals surface area (Å²) < 4.78 is 11.6. The Morgan fingerprint density at radius 2 is 2.04 bits per heavy atom. The molecule has 120 valence electrons. The van der Waals surface area contributed by atoms with Crippen LogP contribution in [-0.4, -0.2) is 23.0 Å². The van der Waals surface area contributed by atoms with Crippen molar-refractivity contribution in [3.63, 3.8) is 0 Å². The quantitative estimate of drug-likeness (QED) is 0.610. The number of nitrogens with zero attached hydrogens (tertiary/aromatic N) is 2. The Balaban J connectivity index is 1.62.